The molecule has 224 valence electrons. The third kappa shape index (κ3) is 7.04. The van der Waals surface area contributed by atoms with Gasteiger partial charge in [-0.1, -0.05) is 36.4 Å². The number of hydrogen-bond donors (Lipinski definition) is 2. The third-order valence-corrected chi connectivity index (χ3v) is 6.74. The predicted molar refractivity (Wildman–Crippen MR) is 131 cm³/mol. The van der Waals surface area contributed by atoms with Crippen molar-refractivity contribution in [3.63, 3.8) is 0 Å². The molecule has 0 aliphatic rings. The first-order valence-electron chi connectivity index (χ1n) is 10.9. The van der Waals surface area contributed by atoms with Crippen molar-refractivity contribution in [2.75, 3.05) is 0 Å². The van der Waals surface area contributed by atoms with Crippen molar-refractivity contribution in [3.05, 3.63) is 107 Å². The van der Waals surface area contributed by atoms with Crippen LogP contribution in [0.25, 0.3) is 22.3 Å². The van der Waals surface area contributed by atoms with Crippen LogP contribution >= 0.6 is 12.6 Å². The molecule has 0 radical (unpaired) electrons. The Kier molecular flexibility index (Phi) is 9.34. The summed E-state index contributed by atoms with van der Waals surface area (Å²) in [6, 6.07) is 14.2. The molecule has 0 atom stereocenters. The second-order valence-electron chi connectivity index (χ2n) is 8.22. The van der Waals surface area contributed by atoms with Crippen molar-refractivity contribution in [2.24, 2.45) is 0 Å². The zero-order chi connectivity index (χ0) is 31.8. The van der Waals surface area contributed by atoms with Gasteiger partial charge >= 0.3 is 22.5 Å². The Morgan fingerprint density at radius 3 is 1.33 bits per heavy atom. The highest BCUT2D eigenvalue weighted by atomic mass is 32.2. The van der Waals surface area contributed by atoms with Crippen LogP contribution in [0.15, 0.2) is 76.5 Å². The predicted octanol–water partition coefficient (Wildman–Crippen LogP) is 8.98. The number of hydrogen-bond acceptors (Lipinski definition) is 3. The first-order chi connectivity index (χ1) is 19.2. The van der Waals surface area contributed by atoms with E-state index in [0.717, 1.165) is 24.3 Å². The number of benzene rings is 4. The van der Waals surface area contributed by atoms with Crippen LogP contribution in [0.3, 0.4) is 0 Å². The minimum absolute atomic E-state index is 0.489. The summed E-state index contributed by atoms with van der Waals surface area (Å²) in [5.41, 5.74) is 0.575. The molecule has 0 unspecified atom stereocenters. The molecule has 1 N–H and O–H groups in total. The summed E-state index contributed by atoms with van der Waals surface area (Å²) in [6.45, 7) is 0. The molecule has 0 spiro atoms. The van der Waals surface area contributed by atoms with Crippen LogP contribution in [0.4, 0.5) is 48.3 Å². The lowest BCUT2D eigenvalue weighted by Crippen LogP contribution is -2.11. The highest BCUT2D eigenvalue weighted by Crippen LogP contribution is 2.39. The van der Waals surface area contributed by atoms with Gasteiger partial charge in [0.05, 0.1) is 11.1 Å². The van der Waals surface area contributed by atoms with Gasteiger partial charge in [0.1, 0.15) is 0 Å². The largest absolute Gasteiger partial charge is 0.416 e. The van der Waals surface area contributed by atoms with Crippen LogP contribution in [-0.4, -0.2) is 13.0 Å². The van der Waals surface area contributed by atoms with E-state index in [1.165, 1.54) is 24.3 Å². The van der Waals surface area contributed by atoms with Gasteiger partial charge in [-0.25, -0.2) is 22.0 Å². The maximum Gasteiger partial charge on any atom is 0.416 e. The van der Waals surface area contributed by atoms with E-state index in [1.54, 1.807) is 18.2 Å². The van der Waals surface area contributed by atoms with Crippen molar-refractivity contribution in [1.82, 2.24) is 0 Å². The molecule has 4 rings (SSSR count). The van der Waals surface area contributed by atoms with Crippen molar-refractivity contribution in [1.29, 1.82) is 0 Å². The van der Waals surface area contributed by atoms with Crippen molar-refractivity contribution in [2.45, 2.75) is 22.1 Å². The van der Waals surface area contributed by atoms with Crippen molar-refractivity contribution in [3.8, 4) is 22.3 Å². The summed E-state index contributed by atoms with van der Waals surface area (Å²) >= 11 is 4.38. The number of rotatable bonds is 3. The fourth-order valence-electron chi connectivity index (χ4n) is 3.56. The van der Waals surface area contributed by atoms with Gasteiger partial charge in [-0.05, 0) is 47.0 Å². The zero-order valence-corrected chi connectivity index (χ0v) is 21.8. The van der Waals surface area contributed by atoms with Crippen LogP contribution in [0.5, 0.6) is 0 Å². The SMILES string of the molecule is FC(F)(F)c1ccc(-c2cccc(S)c2-c2ccc(C(F)(F)F)cc2)cc1.O=S(=O)(O)c1c(F)c(F)c(F)c(F)c1F. The van der Waals surface area contributed by atoms with E-state index in [1.807, 2.05) is 0 Å². The molecule has 0 saturated heterocycles. The van der Waals surface area contributed by atoms with E-state index in [9.17, 15) is 56.7 Å². The Balaban J connectivity index is 0.000000274. The van der Waals surface area contributed by atoms with Gasteiger partial charge in [-0.15, -0.1) is 12.6 Å². The Morgan fingerprint density at radius 2 is 0.952 bits per heavy atom. The average Bonchev–Trinajstić information content (AvgIpc) is 2.89. The van der Waals surface area contributed by atoms with Gasteiger partial charge in [0, 0.05) is 10.5 Å². The van der Waals surface area contributed by atoms with Crippen LogP contribution in [0.1, 0.15) is 11.1 Å². The summed E-state index contributed by atoms with van der Waals surface area (Å²) < 4.78 is 168. The van der Waals surface area contributed by atoms with Gasteiger partial charge < -0.3 is 0 Å². The van der Waals surface area contributed by atoms with Crippen molar-refractivity contribution < 1.29 is 61.3 Å². The maximum atomic E-state index is 12.8. The lowest BCUT2D eigenvalue weighted by Gasteiger charge is -2.15. The second-order valence-corrected chi connectivity index (χ2v) is 10.1. The van der Waals surface area contributed by atoms with E-state index < -0.39 is 67.6 Å². The van der Waals surface area contributed by atoms with Crippen LogP contribution in [0.2, 0.25) is 0 Å². The van der Waals surface area contributed by atoms with Gasteiger partial charge in [0.2, 0.25) is 5.82 Å². The smallest absolute Gasteiger partial charge is 0.282 e. The quantitative estimate of drug-likeness (QED) is 0.0769. The lowest BCUT2D eigenvalue weighted by atomic mass is 9.93. The minimum atomic E-state index is -5.52. The van der Waals surface area contributed by atoms with Gasteiger partial charge in [-0.3, -0.25) is 4.55 Å². The molecule has 16 heteroatoms. The van der Waals surface area contributed by atoms with E-state index in [0.29, 0.717) is 27.1 Å². The number of alkyl halides is 6. The Labute approximate surface area is 235 Å². The van der Waals surface area contributed by atoms with E-state index in [4.69, 9.17) is 4.55 Å². The fraction of sp³-hybridized carbons (Fsp3) is 0.0769. The van der Waals surface area contributed by atoms with Crippen LogP contribution < -0.4 is 0 Å². The summed E-state index contributed by atoms with van der Waals surface area (Å²) in [6.07, 6.45) is -8.89. The Hall–Kier alpha value is -3.63. The topological polar surface area (TPSA) is 54.4 Å². The molecule has 0 aliphatic heterocycles. The number of halogens is 11. The molecule has 0 aromatic heterocycles. The molecule has 4 aromatic carbocycles. The van der Waals surface area contributed by atoms with E-state index >= 15 is 0 Å². The fourth-order valence-corrected chi connectivity index (χ4v) is 4.53. The summed E-state index contributed by atoms with van der Waals surface area (Å²) in [4.78, 5) is -1.76. The van der Waals surface area contributed by atoms with Gasteiger partial charge in [0.25, 0.3) is 0 Å². The summed E-state index contributed by atoms with van der Waals surface area (Å²) in [5, 5.41) is 0. The standard InChI is InChI=1S/C20H12F6S.C6HF5O3S/c21-19(22,23)14-8-4-12(5-9-14)16-2-1-3-17(27)18(16)13-6-10-15(11-7-13)20(24,25)26;7-1-2(8)4(10)6(15(12,13)14)5(11)3(1)9/h1-11,27H;(H,12,13,14). The number of thiol groups is 1. The molecule has 0 amide bonds. The molecule has 0 fully saturated rings. The normalized spacial score (nSPS) is 12.1. The molecule has 0 bridgehead atoms. The lowest BCUT2D eigenvalue weighted by molar-refractivity contribution is -0.138. The second kappa shape index (κ2) is 11.9. The third-order valence-electron chi connectivity index (χ3n) is 5.49. The van der Waals surface area contributed by atoms with E-state index in [-0.39, 0.29) is 0 Å². The van der Waals surface area contributed by atoms with E-state index in [2.05, 4.69) is 12.6 Å². The highest BCUT2D eigenvalue weighted by Gasteiger charge is 2.33. The molecule has 3 nitrogen and oxygen atoms in total. The molecule has 0 heterocycles. The maximum absolute atomic E-state index is 12.8. The summed E-state index contributed by atoms with van der Waals surface area (Å²) in [5.74, 6) is -12.6. The summed E-state index contributed by atoms with van der Waals surface area (Å²) in [7, 11) is -5.52. The minimum Gasteiger partial charge on any atom is -0.282 e. The first-order valence-corrected chi connectivity index (χ1v) is 12.8. The van der Waals surface area contributed by atoms with Crippen LogP contribution in [0, 0.1) is 29.1 Å². The Morgan fingerprint density at radius 1 is 0.571 bits per heavy atom. The zero-order valence-electron chi connectivity index (χ0n) is 20.1. The molecule has 42 heavy (non-hydrogen) atoms. The molecular formula is C26H13F11O3S2. The van der Waals surface area contributed by atoms with Gasteiger partial charge in [0.15, 0.2) is 28.2 Å². The highest BCUT2D eigenvalue weighted by molar-refractivity contribution is 7.85. The van der Waals surface area contributed by atoms with Crippen LogP contribution in [-0.2, 0) is 22.5 Å². The molecule has 0 aliphatic carbocycles. The Bertz CT molecular complexity index is 1690. The van der Waals surface area contributed by atoms with Gasteiger partial charge in [-0.2, -0.15) is 34.8 Å². The molecule has 4 aromatic rings. The first kappa shape index (κ1) is 32.9. The van der Waals surface area contributed by atoms with Crippen molar-refractivity contribution >= 4 is 22.7 Å². The molecule has 0 saturated carbocycles. The monoisotopic (exact) mass is 646 g/mol. The average molecular weight is 646 g/mol. The molecular weight excluding hydrogens is 633 g/mol.